The van der Waals surface area contributed by atoms with Gasteiger partial charge in [-0.15, -0.1) is 0 Å². The summed E-state index contributed by atoms with van der Waals surface area (Å²) in [5, 5.41) is 9.59. The van der Waals surface area contributed by atoms with Crippen molar-refractivity contribution in [2.75, 3.05) is 11.5 Å². The molecule has 0 bridgehead atoms. The molecule has 0 aromatic heterocycles. The zero-order valence-corrected chi connectivity index (χ0v) is 27.7. The molecule has 22 heteroatoms. The molecule has 1 aliphatic rings. The minimum absolute atomic E-state index is 0.00224. The van der Waals surface area contributed by atoms with Gasteiger partial charge in [0.05, 0.1) is 5.92 Å². The van der Waals surface area contributed by atoms with E-state index in [9.17, 15) is 89.3 Å². The molecule has 1 aliphatic heterocycles. The molecule has 0 saturated carbocycles. The van der Waals surface area contributed by atoms with E-state index in [4.69, 9.17) is 4.74 Å². The van der Waals surface area contributed by atoms with Gasteiger partial charge in [-0.3, -0.25) is 9.59 Å². The van der Waals surface area contributed by atoms with Crippen LogP contribution in [0.4, 0.5) is 74.6 Å². The number of rotatable bonds is 24. The van der Waals surface area contributed by atoms with Gasteiger partial charge in [-0.1, -0.05) is 71.1 Å². The smallest absolute Gasteiger partial charge is 0.460 e. The number of hydrogen-bond donors (Lipinski definition) is 1. The van der Waals surface area contributed by atoms with Crippen LogP contribution in [0, 0.1) is 11.8 Å². The molecule has 1 heterocycles. The van der Waals surface area contributed by atoms with E-state index in [1.165, 1.54) is 6.42 Å². The summed E-state index contributed by atoms with van der Waals surface area (Å²) in [4.78, 5) is 24.1. The lowest BCUT2D eigenvalue weighted by Crippen LogP contribution is -2.74. The second-order valence-corrected chi connectivity index (χ2v) is 13.4. The molecule has 302 valence electrons. The number of thioether (sulfide) groups is 1. The molecule has 1 fully saturated rings. The lowest BCUT2D eigenvalue weighted by molar-refractivity contribution is -0.461. The van der Waals surface area contributed by atoms with E-state index in [0.29, 0.717) is 12.8 Å². The highest BCUT2D eigenvalue weighted by molar-refractivity contribution is 7.99. The van der Waals surface area contributed by atoms with Crippen molar-refractivity contribution in [2.24, 2.45) is 11.8 Å². The molecule has 51 heavy (non-hydrogen) atoms. The summed E-state index contributed by atoms with van der Waals surface area (Å²) in [6.07, 6.45) is -1.19. The van der Waals surface area contributed by atoms with Crippen LogP contribution in [-0.2, 0) is 14.3 Å². The van der Waals surface area contributed by atoms with Crippen molar-refractivity contribution in [3.05, 3.63) is 0 Å². The van der Waals surface area contributed by atoms with E-state index >= 15 is 0 Å². The largest absolute Gasteiger partial charge is 0.481 e. The van der Waals surface area contributed by atoms with Gasteiger partial charge in [-0.05, 0) is 18.6 Å². The third-order valence-corrected chi connectivity index (χ3v) is 9.51. The Balaban J connectivity index is 2.86. The van der Waals surface area contributed by atoms with Crippen LogP contribution in [0.5, 0.6) is 0 Å². The van der Waals surface area contributed by atoms with E-state index in [0.717, 1.165) is 51.4 Å². The Morgan fingerprint density at radius 1 is 0.627 bits per heavy atom. The standard InChI is InChI=1S/C29H37F17O4S/c1-2-3-4-5-6-7-8-9-10-11-12-13-18-19(20(47)48)17(21(49)50-18)16-51-15-14-22(30,31)23(32,33)24(34,35)25(36,37)26(38,39)27(40,41)28(42,43)29(44,45)46/h17-19H,2-16H2,1H3,(H,47,48)/t17?,18-,19+/m1/s1. The predicted octanol–water partition coefficient (Wildman–Crippen LogP) is 11.1. The molecule has 1 rings (SSSR count). The van der Waals surface area contributed by atoms with Crippen LogP contribution in [0.1, 0.15) is 90.4 Å². The van der Waals surface area contributed by atoms with Gasteiger partial charge in [-0.25, -0.2) is 0 Å². The Hall–Kier alpha value is -1.90. The molecule has 0 aromatic rings. The molecule has 0 spiro atoms. The lowest BCUT2D eigenvalue weighted by atomic mass is 9.88. The third kappa shape index (κ3) is 9.81. The Kier molecular flexibility index (Phi) is 16.2. The summed E-state index contributed by atoms with van der Waals surface area (Å²) in [5.41, 5.74) is 0. The number of hydrogen-bond acceptors (Lipinski definition) is 4. The summed E-state index contributed by atoms with van der Waals surface area (Å²) in [7, 11) is 0. The average Bonchev–Trinajstić information content (AvgIpc) is 3.31. The van der Waals surface area contributed by atoms with Crippen LogP contribution >= 0.6 is 11.8 Å². The van der Waals surface area contributed by atoms with Gasteiger partial charge in [-0.2, -0.15) is 86.4 Å². The van der Waals surface area contributed by atoms with E-state index < -0.39 is 95.4 Å². The van der Waals surface area contributed by atoms with Crippen LogP contribution in [0.3, 0.4) is 0 Å². The summed E-state index contributed by atoms with van der Waals surface area (Å²) < 4.78 is 234. The second kappa shape index (κ2) is 17.5. The van der Waals surface area contributed by atoms with Crippen LogP contribution in [0.15, 0.2) is 0 Å². The maximum atomic E-state index is 14.2. The van der Waals surface area contributed by atoms with Crippen LogP contribution < -0.4 is 0 Å². The molecule has 0 aromatic carbocycles. The maximum absolute atomic E-state index is 14.2. The van der Waals surface area contributed by atoms with Gasteiger partial charge in [0.2, 0.25) is 0 Å². The number of ether oxygens (including phenoxy) is 1. The zero-order chi connectivity index (χ0) is 39.9. The van der Waals surface area contributed by atoms with Crippen molar-refractivity contribution in [2.45, 2.75) is 144 Å². The number of halogens is 17. The predicted molar refractivity (Wildman–Crippen MR) is 148 cm³/mol. The molecular weight excluding hydrogens is 767 g/mol. The number of cyclic esters (lactones) is 1. The van der Waals surface area contributed by atoms with Crippen LogP contribution in [0.2, 0.25) is 0 Å². The Labute approximate surface area is 285 Å². The summed E-state index contributed by atoms with van der Waals surface area (Å²) in [6.45, 7) is 2.10. The minimum atomic E-state index is -8.70. The fourth-order valence-corrected chi connectivity index (χ4v) is 6.40. The van der Waals surface area contributed by atoms with Gasteiger partial charge in [0.1, 0.15) is 12.0 Å². The fourth-order valence-electron chi connectivity index (χ4n) is 5.23. The van der Waals surface area contributed by atoms with Crippen molar-refractivity contribution >= 4 is 23.7 Å². The summed E-state index contributed by atoms with van der Waals surface area (Å²) >= 11 is -0.00224. The fraction of sp³-hybridized carbons (Fsp3) is 0.931. The quantitative estimate of drug-likeness (QED) is 0.0598. The SMILES string of the molecule is CCCCCCCCCCCCC[C@H]1OC(=O)C(CSCCC(F)(F)C(F)(F)C(F)(F)C(F)(F)C(F)(F)C(F)(F)C(F)(F)C(F)(F)F)[C@@H]1C(=O)O. The monoisotopic (exact) mass is 804 g/mol. The topological polar surface area (TPSA) is 63.6 Å². The Morgan fingerprint density at radius 2 is 1.02 bits per heavy atom. The first-order valence-electron chi connectivity index (χ1n) is 15.7. The first-order valence-corrected chi connectivity index (χ1v) is 16.9. The van der Waals surface area contributed by atoms with E-state index in [1.54, 1.807) is 0 Å². The highest BCUT2D eigenvalue weighted by atomic mass is 32.2. The molecule has 0 amide bonds. The molecule has 0 radical (unpaired) electrons. The van der Waals surface area contributed by atoms with E-state index in [-0.39, 0.29) is 18.2 Å². The molecule has 1 N–H and O–H groups in total. The normalized spacial score (nSPS) is 20.2. The number of carboxylic acids is 1. The van der Waals surface area contributed by atoms with Gasteiger partial charge in [0.25, 0.3) is 0 Å². The van der Waals surface area contributed by atoms with Crippen molar-refractivity contribution in [3.63, 3.8) is 0 Å². The van der Waals surface area contributed by atoms with Gasteiger partial charge >= 0.3 is 59.6 Å². The molecule has 1 unspecified atom stereocenters. The number of esters is 1. The van der Waals surface area contributed by atoms with Crippen molar-refractivity contribution < 1.29 is 94.1 Å². The zero-order valence-electron chi connectivity index (χ0n) is 26.8. The first-order chi connectivity index (χ1) is 23.0. The highest BCUT2D eigenvalue weighted by Gasteiger charge is 2.95. The molecular formula is C29H37F17O4S. The third-order valence-electron chi connectivity index (χ3n) is 8.43. The Morgan fingerprint density at radius 3 is 1.43 bits per heavy atom. The number of carbonyl (C=O) groups is 2. The lowest BCUT2D eigenvalue weighted by Gasteiger charge is -2.42. The second-order valence-electron chi connectivity index (χ2n) is 12.2. The van der Waals surface area contributed by atoms with Crippen molar-refractivity contribution in [1.82, 2.24) is 0 Å². The molecule has 4 nitrogen and oxygen atoms in total. The number of alkyl halides is 17. The van der Waals surface area contributed by atoms with Crippen molar-refractivity contribution in [3.8, 4) is 0 Å². The van der Waals surface area contributed by atoms with Gasteiger partial charge in [0, 0.05) is 12.2 Å². The summed E-state index contributed by atoms with van der Waals surface area (Å²) in [6, 6.07) is 0. The first kappa shape index (κ1) is 47.1. The van der Waals surface area contributed by atoms with E-state index in [1.807, 2.05) is 0 Å². The Bertz CT molecular complexity index is 1130. The van der Waals surface area contributed by atoms with Gasteiger partial charge < -0.3 is 9.84 Å². The number of unbranched alkanes of at least 4 members (excludes halogenated alkanes) is 10. The number of carbonyl (C=O) groups excluding carboxylic acids is 1. The molecule has 1 saturated heterocycles. The number of carboxylic acid groups (broad SMARTS) is 1. The highest BCUT2D eigenvalue weighted by Crippen LogP contribution is 2.64. The van der Waals surface area contributed by atoms with E-state index in [2.05, 4.69) is 6.92 Å². The summed E-state index contributed by atoms with van der Waals surface area (Å²) in [5.74, 6) is -65.1. The maximum Gasteiger partial charge on any atom is 0.460 e. The molecule has 0 aliphatic carbocycles. The van der Waals surface area contributed by atoms with Gasteiger partial charge in [0.15, 0.2) is 0 Å². The molecule has 3 atom stereocenters. The minimum Gasteiger partial charge on any atom is -0.481 e. The van der Waals surface area contributed by atoms with Crippen LogP contribution in [-0.4, -0.2) is 82.3 Å². The van der Waals surface area contributed by atoms with Crippen molar-refractivity contribution in [1.29, 1.82) is 0 Å². The average molecular weight is 805 g/mol. The number of aliphatic carboxylic acids is 1. The van der Waals surface area contributed by atoms with Crippen LogP contribution in [0.25, 0.3) is 0 Å².